The highest BCUT2D eigenvalue weighted by molar-refractivity contribution is 6.33. The van der Waals surface area contributed by atoms with E-state index in [1.165, 1.54) is 12.1 Å². The molecule has 2 rings (SSSR count). The van der Waals surface area contributed by atoms with Crippen LogP contribution in [0.1, 0.15) is 13.3 Å². The van der Waals surface area contributed by atoms with Crippen molar-refractivity contribution in [3.63, 3.8) is 0 Å². The van der Waals surface area contributed by atoms with Crippen molar-refractivity contribution in [3.8, 4) is 0 Å². The molecule has 0 aliphatic carbocycles. The van der Waals surface area contributed by atoms with Gasteiger partial charge in [0.05, 0.1) is 15.6 Å². The van der Waals surface area contributed by atoms with Crippen LogP contribution < -0.4 is 10.6 Å². The molecule has 5 nitrogen and oxygen atoms in total. The van der Waals surface area contributed by atoms with E-state index in [1.807, 2.05) is 0 Å². The number of hydrogen-bond acceptors (Lipinski definition) is 4. The molecular formula is C12H16ClN3O2. The quantitative estimate of drug-likeness (QED) is 0.661. The van der Waals surface area contributed by atoms with Gasteiger partial charge in [0.25, 0.3) is 5.69 Å². The topological polar surface area (TPSA) is 72.4 Å². The molecule has 1 aromatic carbocycles. The number of hydrogen-bond donors (Lipinski definition) is 1. The third-order valence-electron chi connectivity index (χ3n) is 3.45. The molecule has 98 valence electrons. The van der Waals surface area contributed by atoms with Crippen LogP contribution in [0.3, 0.4) is 0 Å². The van der Waals surface area contributed by atoms with E-state index in [0.29, 0.717) is 10.9 Å². The average molecular weight is 270 g/mol. The lowest BCUT2D eigenvalue weighted by Gasteiger charge is -2.36. The van der Waals surface area contributed by atoms with Crippen molar-refractivity contribution in [2.24, 2.45) is 11.7 Å². The van der Waals surface area contributed by atoms with Crippen molar-refractivity contribution < 1.29 is 4.92 Å². The van der Waals surface area contributed by atoms with Gasteiger partial charge >= 0.3 is 0 Å². The van der Waals surface area contributed by atoms with Gasteiger partial charge in [0, 0.05) is 31.3 Å². The Morgan fingerprint density at radius 3 is 2.83 bits per heavy atom. The number of nitro groups is 1. The lowest BCUT2D eigenvalue weighted by atomic mass is 9.94. The van der Waals surface area contributed by atoms with Gasteiger partial charge in [-0.05, 0) is 18.4 Å². The van der Waals surface area contributed by atoms with Gasteiger partial charge in [0.2, 0.25) is 0 Å². The van der Waals surface area contributed by atoms with Gasteiger partial charge < -0.3 is 10.6 Å². The van der Waals surface area contributed by atoms with Crippen LogP contribution in [0.4, 0.5) is 11.4 Å². The highest BCUT2D eigenvalue weighted by atomic mass is 35.5. The summed E-state index contributed by atoms with van der Waals surface area (Å²) in [5, 5.41) is 11.1. The van der Waals surface area contributed by atoms with Crippen molar-refractivity contribution in [1.29, 1.82) is 0 Å². The standard InChI is InChI=1S/C12H16ClN3O2/c1-8-7-15(5-4-11(8)14)12-3-2-9(16(17)18)6-10(12)13/h2-3,6,8,11H,4-5,7,14H2,1H3. The number of benzene rings is 1. The van der Waals surface area contributed by atoms with Crippen molar-refractivity contribution in [2.45, 2.75) is 19.4 Å². The Balaban J connectivity index is 2.21. The zero-order valence-electron chi connectivity index (χ0n) is 10.2. The predicted molar refractivity (Wildman–Crippen MR) is 72.1 cm³/mol. The van der Waals surface area contributed by atoms with Crippen molar-refractivity contribution in [3.05, 3.63) is 33.3 Å². The molecule has 0 aromatic heterocycles. The number of non-ortho nitro benzene ring substituents is 1. The predicted octanol–water partition coefficient (Wildman–Crippen LogP) is 2.42. The Labute approximate surface area is 111 Å². The molecule has 1 saturated heterocycles. The second-order valence-electron chi connectivity index (χ2n) is 4.77. The molecule has 1 fully saturated rings. The maximum absolute atomic E-state index is 10.7. The first-order valence-corrected chi connectivity index (χ1v) is 6.31. The van der Waals surface area contributed by atoms with Gasteiger partial charge in [-0.2, -0.15) is 0 Å². The summed E-state index contributed by atoms with van der Waals surface area (Å²) in [5.74, 6) is 0.394. The number of halogens is 1. The molecule has 18 heavy (non-hydrogen) atoms. The first-order chi connectivity index (χ1) is 8.49. The first-order valence-electron chi connectivity index (χ1n) is 5.93. The van der Waals surface area contributed by atoms with E-state index in [0.717, 1.165) is 25.2 Å². The molecule has 0 saturated carbocycles. The van der Waals surface area contributed by atoms with Crippen LogP contribution in [-0.4, -0.2) is 24.1 Å². The van der Waals surface area contributed by atoms with Crippen LogP contribution in [0, 0.1) is 16.0 Å². The van der Waals surface area contributed by atoms with E-state index in [4.69, 9.17) is 17.3 Å². The van der Waals surface area contributed by atoms with Gasteiger partial charge in [0.15, 0.2) is 0 Å². The SMILES string of the molecule is CC1CN(c2ccc([N+](=O)[O-])cc2Cl)CCC1N. The largest absolute Gasteiger partial charge is 0.370 e. The molecule has 1 aromatic rings. The third kappa shape index (κ3) is 2.57. The highest BCUT2D eigenvalue weighted by Gasteiger charge is 2.25. The minimum atomic E-state index is -0.440. The van der Waals surface area contributed by atoms with E-state index < -0.39 is 4.92 Å². The second kappa shape index (κ2) is 5.12. The maximum Gasteiger partial charge on any atom is 0.271 e. The monoisotopic (exact) mass is 269 g/mol. The van der Waals surface area contributed by atoms with Crippen LogP contribution in [0.5, 0.6) is 0 Å². The molecule has 2 N–H and O–H groups in total. The molecule has 0 amide bonds. The second-order valence-corrected chi connectivity index (χ2v) is 5.18. The number of nitro benzene ring substituents is 1. The van der Waals surface area contributed by atoms with Crippen LogP contribution in [-0.2, 0) is 0 Å². The summed E-state index contributed by atoms with van der Waals surface area (Å²) in [4.78, 5) is 12.4. The highest BCUT2D eigenvalue weighted by Crippen LogP contribution is 2.32. The number of anilines is 1. The lowest BCUT2D eigenvalue weighted by molar-refractivity contribution is -0.384. The van der Waals surface area contributed by atoms with Crippen molar-refractivity contribution in [1.82, 2.24) is 0 Å². The summed E-state index contributed by atoms with van der Waals surface area (Å²) in [5.41, 5.74) is 6.84. The van der Waals surface area contributed by atoms with Crippen LogP contribution in [0.25, 0.3) is 0 Å². The minimum absolute atomic E-state index is 0.0190. The van der Waals surface area contributed by atoms with Gasteiger partial charge in [-0.1, -0.05) is 18.5 Å². The Hall–Kier alpha value is -1.33. The summed E-state index contributed by atoms with van der Waals surface area (Å²) >= 11 is 6.11. The number of nitrogens with two attached hydrogens (primary N) is 1. The Morgan fingerprint density at radius 2 is 2.28 bits per heavy atom. The van der Waals surface area contributed by atoms with Crippen LogP contribution in [0.2, 0.25) is 5.02 Å². The lowest BCUT2D eigenvalue weighted by Crippen LogP contribution is -2.46. The van der Waals surface area contributed by atoms with Crippen LogP contribution >= 0.6 is 11.6 Å². The van der Waals surface area contributed by atoms with E-state index in [1.54, 1.807) is 6.07 Å². The molecule has 0 bridgehead atoms. The molecule has 2 atom stereocenters. The van der Waals surface area contributed by atoms with Gasteiger partial charge in [-0.3, -0.25) is 10.1 Å². The molecule has 6 heteroatoms. The van der Waals surface area contributed by atoms with E-state index in [-0.39, 0.29) is 11.7 Å². The fraction of sp³-hybridized carbons (Fsp3) is 0.500. The first kappa shape index (κ1) is 13.1. The smallest absolute Gasteiger partial charge is 0.271 e. The summed E-state index contributed by atoms with van der Waals surface area (Å²) in [6, 6.07) is 4.82. The fourth-order valence-corrected chi connectivity index (χ4v) is 2.54. The van der Waals surface area contributed by atoms with Gasteiger partial charge in [-0.25, -0.2) is 0 Å². The number of rotatable bonds is 2. The Kier molecular flexibility index (Phi) is 3.73. The summed E-state index contributed by atoms with van der Waals surface area (Å²) < 4.78 is 0. The van der Waals surface area contributed by atoms with Crippen LogP contribution in [0.15, 0.2) is 18.2 Å². The van der Waals surface area contributed by atoms with E-state index in [2.05, 4.69) is 11.8 Å². The van der Waals surface area contributed by atoms with Crippen molar-refractivity contribution >= 4 is 23.0 Å². The fourth-order valence-electron chi connectivity index (χ4n) is 2.25. The van der Waals surface area contributed by atoms with E-state index >= 15 is 0 Å². The molecule has 2 unspecified atom stereocenters. The summed E-state index contributed by atoms with van der Waals surface area (Å²) in [6.07, 6.45) is 0.911. The number of piperidine rings is 1. The average Bonchev–Trinajstić information content (AvgIpc) is 2.32. The molecule has 0 radical (unpaired) electrons. The Bertz CT molecular complexity index is 467. The molecule has 1 heterocycles. The summed E-state index contributed by atoms with van der Waals surface area (Å²) in [7, 11) is 0. The molecule has 1 aliphatic heterocycles. The third-order valence-corrected chi connectivity index (χ3v) is 3.76. The zero-order chi connectivity index (χ0) is 13.3. The van der Waals surface area contributed by atoms with Gasteiger partial charge in [0.1, 0.15) is 0 Å². The summed E-state index contributed by atoms with van der Waals surface area (Å²) in [6.45, 7) is 3.78. The number of nitrogens with zero attached hydrogens (tertiary/aromatic N) is 2. The molecule has 1 aliphatic rings. The van der Waals surface area contributed by atoms with E-state index in [9.17, 15) is 10.1 Å². The zero-order valence-corrected chi connectivity index (χ0v) is 10.9. The molecular weight excluding hydrogens is 254 g/mol. The molecule has 0 spiro atoms. The maximum atomic E-state index is 10.7. The Morgan fingerprint density at radius 1 is 1.56 bits per heavy atom. The minimum Gasteiger partial charge on any atom is -0.370 e. The van der Waals surface area contributed by atoms with Crippen molar-refractivity contribution in [2.75, 3.05) is 18.0 Å². The van der Waals surface area contributed by atoms with Gasteiger partial charge in [-0.15, -0.1) is 0 Å². The normalized spacial score (nSPS) is 24.1.